The van der Waals surface area contributed by atoms with Gasteiger partial charge in [-0.15, -0.1) is 0 Å². The van der Waals surface area contributed by atoms with Gasteiger partial charge in [-0.3, -0.25) is 4.79 Å². The lowest BCUT2D eigenvalue weighted by molar-refractivity contribution is -0.883. The average molecular weight is 565 g/mol. The largest absolute Gasteiger partial charge is 0.458 e. The number of ketones is 1. The number of nitrogens with zero attached hydrogens (tertiary/aromatic N) is 2. The first-order chi connectivity index (χ1) is 18.8. The average Bonchev–Trinajstić information content (AvgIpc) is 2.84. The van der Waals surface area contributed by atoms with Crippen LogP contribution in [0.15, 0.2) is 0 Å². The molecule has 5 atom stereocenters. The maximum absolute atomic E-state index is 13.3. The van der Waals surface area contributed by atoms with Gasteiger partial charge in [0.05, 0.1) is 41.3 Å². The molecule has 2 rings (SSSR count). The van der Waals surface area contributed by atoms with E-state index in [0.717, 1.165) is 41.3 Å². The molecule has 5 nitrogen and oxygen atoms in total. The summed E-state index contributed by atoms with van der Waals surface area (Å²) in [7, 11) is 8.84. The monoisotopic (exact) mass is 565 g/mol. The molecule has 0 aromatic rings. The Bertz CT molecular complexity index is 747. The van der Waals surface area contributed by atoms with Crippen molar-refractivity contribution in [2.24, 2.45) is 29.6 Å². The highest BCUT2D eigenvalue weighted by molar-refractivity contribution is 5.82. The summed E-state index contributed by atoms with van der Waals surface area (Å²) in [6, 6.07) is 0. The van der Waals surface area contributed by atoms with Crippen LogP contribution in [0.4, 0.5) is 0 Å². The van der Waals surface area contributed by atoms with E-state index in [1.807, 2.05) is 0 Å². The Hall–Kier alpha value is -0.940. The van der Waals surface area contributed by atoms with Crippen LogP contribution in [0.25, 0.3) is 0 Å². The third kappa shape index (κ3) is 13.8. The summed E-state index contributed by atoms with van der Waals surface area (Å²) in [6.45, 7) is 12.5. The summed E-state index contributed by atoms with van der Waals surface area (Å²) in [6.07, 6.45) is 18.4. The van der Waals surface area contributed by atoms with E-state index in [4.69, 9.17) is 4.74 Å². The van der Waals surface area contributed by atoms with Gasteiger partial charge in [-0.1, -0.05) is 66.2 Å². The molecule has 0 heterocycles. The van der Waals surface area contributed by atoms with Crippen molar-refractivity contribution in [3.05, 3.63) is 0 Å². The van der Waals surface area contributed by atoms with E-state index in [1.165, 1.54) is 77.0 Å². The number of ether oxygens (including phenoxy) is 1. The summed E-state index contributed by atoms with van der Waals surface area (Å²) in [5.41, 5.74) is 0. The molecule has 0 bridgehead atoms. The van der Waals surface area contributed by atoms with E-state index in [1.54, 1.807) is 0 Å². The molecule has 0 amide bonds. The summed E-state index contributed by atoms with van der Waals surface area (Å²) in [5, 5.41) is 0. The minimum atomic E-state index is -0.0152. The van der Waals surface area contributed by atoms with Gasteiger partial charge in [0.25, 0.3) is 0 Å². The van der Waals surface area contributed by atoms with Crippen molar-refractivity contribution in [1.82, 2.24) is 0 Å². The van der Waals surface area contributed by atoms with Crippen molar-refractivity contribution in [3.8, 4) is 0 Å². The number of unbranched alkanes of at least 4 members (excludes halogenated alkanes) is 7. The molecule has 5 heteroatoms. The van der Waals surface area contributed by atoms with Crippen molar-refractivity contribution >= 4 is 11.8 Å². The van der Waals surface area contributed by atoms with Gasteiger partial charge in [-0.25, -0.2) is 4.79 Å². The zero-order valence-electron chi connectivity index (χ0n) is 28.0. The first kappa shape index (κ1) is 35.3. The first-order valence-corrected chi connectivity index (χ1v) is 17.1. The quantitative estimate of drug-likeness (QED) is 0.0975. The van der Waals surface area contributed by atoms with Crippen LogP contribution < -0.4 is 0 Å². The Balaban J connectivity index is 1.51. The second kappa shape index (κ2) is 17.2. The molecule has 2 saturated carbocycles. The topological polar surface area (TPSA) is 43.4 Å². The van der Waals surface area contributed by atoms with Gasteiger partial charge in [0.1, 0.15) is 12.6 Å². The van der Waals surface area contributed by atoms with Crippen molar-refractivity contribution in [3.63, 3.8) is 0 Å². The Morgan fingerprint density at radius 3 is 1.77 bits per heavy atom. The molecule has 0 radical (unpaired) electrons. The Morgan fingerprint density at radius 2 is 1.23 bits per heavy atom. The lowest BCUT2D eigenvalue weighted by Crippen LogP contribution is -2.48. The fourth-order valence-electron chi connectivity index (χ4n) is 7.47. The number of hydrogen-bond donors (Lipinski definition) is 0. The number of rotatable bonds is 18. The van der Waals surface area contributed by atoms with Crippen molar-refractivity contribution < 1.29 is 23.3 Å². The first-order valence-electron chi connectivity index (χ1n) is 17.1. The van der Waals surface area contributed by atoms with Crippen LogP contribution in [0.1, 0.15) is 124 Å². The van der Waals surface area contributed by atoms with E-state index in [9.17, 15) is 9.59 Å². The highest BCUT2D eigenvalue weighted by atomic mass is 16.5. The fraction of sp³-hybridized carbons (Fsp3) is 0.943. The number of Topliss-reactive ketones (excluding diaryl/α,β-unsaturated/α-hetero) is 1. The highest BCUT2D eigenvalue weighted by Crippen LogP contribution is 2.38. The number of carbonyl (C=O) groups is 2. The maximum atomic E-state index is 13.3. The minimum absolute atomic E-state index is 0.0152. The normalized spacial score (nSPS) is 26.2. The van der Waals surface area contributed by atoms with E-state index in [2.05, 4.69) is 55.9 Å². The van der Waals surface area contributed by atoms with Crippen LogP contribution in [-0.4, -0.2) is 81.2 Å². The Labute approximate surface area is 249 Å². The number of likely N-dealkylation sites (N-methyl/N-ethyl adjacent to an activating group) is 2. The van der Waals surface area contributed by atoms with Crippen molar-refractivity contribution in [1.29, 1.82) is 0 Å². The van der Waals surface area contributed by atoms with E-state index >= 15 is 0 Å². The zero-order valence-corrected chi connectivity index (χ0v) is 28.0. The van der Waals surface area contributed by atoms with Crippen molar-refractivity contribution in [2.45, 2.75) is 130 Å². The van der Waals surface area contributed by atoms with E-state index < -0.39 is 0 Å². The molecule has 2 fully saturated rings. The second-order valence-corrected chi connectivity index (χ2v) is 15.7. The number of hydrogen-bond acceptors (Lipinski definition) is 3. The van der Waals surface area contributed by atoms with Crippen LogP contribution in [-0.2, 0) is 14.3 Å². The number of quaternary nitrogens is 2. The van der Waals surface area contributed by atoms with E-state index in [0.29, 0.717) is 42.5 Å². The Morgan fingerprint density at radius 1 is 0.700 bits per heavy atom. The lowest BCUT2D eigenvalue weighted by Gasteiger charge is -2.38. The smallest absolute Gasteiger partial charge is 0.362 e. The fourth-order valence-corrected chi connectivity index (χ4v) is 7.47. The third-order valence-electron chi connectivity index (χ3n) is 10.0. The molecule has 0 N–H and O–H groups in total. The molecule has 40 heavy (non-hydrogen) atoms. The van der Waals surface area contributed by atoms with Gasteiger partial charge in [0, 0.05) is 5.92 Å². The second-order valence-electron chi connectivity index (χ2n) is 15.7. The predicted molar refractivity (Wildman–Crippen MR) is 168 cm³/mol. The van der Waals surface area contributed by atoms with Gasteiger partial charge >= 0.3 is 5.97 Å². The van der Waals surface area contributed by atoms with Crippen LogP contribution in [0.5, 0.6) is 0 Å². The SMILES string of the molecule is CC(C)[C@@H]1CC[C@@H](C)C[C@H]1C(=O)C[N+](C)(C)CCCCCCCCCC[N+](C)(C)CC(=O)O[C@H]1CCC[C@@H](C)C1. The molecule has 2 aliphatic carbocycles. The minimum Gasteiger partial charge on any atom is -0.458 e. The predicted octanol–water partition coefficient (Wildman–Crippen LogP) is 7.66. The van der Waals surface area contributed by atoms with Gasteiger partial charge in [0.2, 0.25) is 0 Å². The molecule has 234 valence electrons. The van der Waals surface area contributed by atoms with Gasteiger partial charge in [0.15, 0.2) is 12.3 Å². The van der Waals surface area contributed by atoms with Crippen molar-refractivity contribution in [2.75, 3.05) is 54.4 Å². The molecule has 0 aromatic carbocycles. The summed E-state index contributed by atoms with van der Waals surface area (Å²) in [5.74, 6) is 3.37. The van der Waals surface area contributed by atoms with Gasteiger partial charge < -0.3 is 13.7 Å². The molecular formula is C35H68N2O3+2. The highest BCUT2D eigenvalue weighted by Gasteiger charge is 2.37. The van der Waals surface area contributed by atoms with E-state index in [-0.39, 0.29) is 18.0 Å². The van der Waals surface area contributed by atoms with Crippen LogP contribution in [0, 0.1) is 29.6 Å². The molecule has 0 aromatic heterocycles. The summed E-state index contributed by atoms with van der Waals surface area (Å²) >= 11 is 0. The maximum Gasteiger partial charge on any atom is 0.362 e. The number of carbonyl (C=O) groups excluding carboxylic acids is 2. The summed E-state index contributed by atoms with van der Waals surface area (Å²) in [4.78, 5) is 25.8. The molecule has 0 saturated heterocycles. The zero-order chi connectivity index (χ0) is 29.8. The Kier molecular flexibility index (Phi) is 15.2. The van der Waals surface area contributed by atoms with Crippen LogP contribution in [0.2, 0.25) is 0 Å². The molecular weight excluding hydrogens is 496 g/mol. The van der Waals surface area contributed by atoms with Gasteiger partial charge in [-0.05, 0) is 81.5 Å². The van der Waals surface area contributed by atoms with Gasteiger partial charge in [-0.2, -0.15) is 0 Å². The summed E-state index contributed by atoms with van der Waals surface area (Å²) < 4.78 is 7.38. The number of esters is 1. The lowest BCUT2D eigenvalue weighted by atomic mass is 9.68. The third-order valence-corrected chi connectivity index (χ3v) is 10.0. The molecule has 2 aliphatic rings. The molecule has 0 aliphatic heterocycles. The van der Waals surface area contributed by atoms with Crippen LogP contribution in [0.3, 0.4) is 0 Å². The van der Waals surface area contributed by atoms with Crippen LogP contribution >= 0.6 is 0 Å². The standard InChI is InChI=1S/C35H68N2O3/c1-28(2)32-21-20-30(4)25-33(32)34(38)26-36(5,6)22-15-13-11-9-10-12-14-16-23-37(7,8)27-35(39)40-31-19-17-18-29(3)24-31/h28-33H,9-27H2,1-8H3/q+2/t29-,30-,31+,32+,33-/m1/s1. The molecule has 0 spiro atoms. The molecule has 0 unspecified atom stereocenters.